The normalized spacial score (nSPS) is 10.7. The van der Waals surface area contributed by atoms with Crippen LogP contribution in [-0.4, -0.2) is 29.8 Å². The van der Waals surface area contributed by atoms with E-state index in [4.69, 9.17) is 5.73 Å². The monoisotopic (exact) mass is 355 g/mol. The summed E-state index contributed by atoms with van der Waals surface area (Å²) in [5, 5.41) is 2.97. The maximum atomic E-state index is 12.6. The SMILES string of the molecule is CCN(Cc1cccc(NC(=O)C(CC)(CC)CN)c1)C(C)=O.Cl. The van der Waals surface area contributed by atoms with Gasteiger partial charge in [-0.15, -0.1) is 12.4 Å². The second-order valence-electron chi connectivity index (χ2n) is 5.88. The Hall–Kier alpha value is -1.59. The van der Waals surface area contributed by atoms with E-state index in [-0.39, 0.29) is 24.2 Å². The topological polar surface area (TPSA) is 75.4 Å². The second kappa shape index (κ2) is 10.3. The van der Waals surface area contributed by atoms with Crippen molar-refractivity contribution in [1.29, 1.82) is 0 Å². The summed E-state index contributed by atoms with van der Waals surface area (Å²) in [4.78, 5) is 25.9. The minimum absolute atomic E-state index is 0. The van der Waals surface area contributed by atoms with Crippen LogP contribution in [0.3, 0.4) is 0 Å². The molecule has 136 valence electrons. The number of hydrogen-bond acceptors (Lipinski definition) is 3. The highest BCUT2D eigenvalue weighted by Crippen LogP contribution is 2.27. The molecule has 1 aromatic carbocycles. The van der Waals surface area contributed by atoms with Crippen LogP contribution in [0, 0.1) is 5.41 Å². The van der Waals surface area contributed by atoms with Crippen LogP contribution in [0.5, 0.6) is 0 Å². The molecule has 0 spiro atoms. The quantitative estimate of drug-likeness (QED) is 0.752. The molecule has 2 amide bonds. The zero-order chi connectivity index (χ0) is 17.5. The summed E-state index contributed by atoms with van der Waals surface area (Å²) >= 11 is 0. The Labute approximate surface area is 151 Å². The van der Waals surface area contributed by atoms with Crippen LogP contribution in [0.25, 0.3) is 0 Å². The first kappa shape index (κ1) is 22.4. The van der Waals surface area contributed by atoms with Crippen molar-refractivity contribution in [3.05, 3.63) is 29.8 Å². The maximum absolute atomic E-state index is 12.6. The fraction of sp³-hybridized carbons (Fsp3) is 0.556. The van der Waals surface area contributed by atoms with Crippen LogP contribution in [-0.2, 0) is 16.1 Å². The first-order valence-electron chi connectivity index (χ1n) is 8.28. The second-order valence-corrected chi connectivity index (χ2v) is 5.88. The third-order valence-corrected chi connectivity index (χ3v) is 4.61. The van der Waals surface area contributed by atoms with Gasteiger partial charge < -0.3 is 16.0 Å². The molecule has 0 heterocycles. The van der Waals surface area contributed by atoms with Gasteiger partial charge >= 0.3 is 0 Å². The highest BCUT2D eigenvalue weighted by atomic mass is 35.5. The number of nitrogens with zero attached hydrogens (tertiary/aromatic N) is 1. The predicted octanol–water partition coefficient (Wildman–Crippen LogP) is 3.18. The molecular weight excluding hydrogens is 326 g/mol. The number of amides is 2. The average Bonchev–Trinajstić information content (AvgIpc) is 2.55. The van der Waals surface area contributed by atoms with E-state index in [0.717, 1.165) is 11.3 Å². The fourth-order valence-electron chi connectivity index (χ4n) is 2.63. The van der Waals surface area contributed by atoms with Crippen LogP contribution in [0.1, 0.15) is 46.1 Å². The third-order valence-electron chi connectivity index (χ3n) is 4.61. The predicted molar refractivity (Wildman–Crippen MR) is 101 cm³/mol. The first-order valence-corrected chi connectivity index (χ1v) is 8.28. The summed E-state index contributed by atoms with van der Waals surface area (Å²) in [5.41, 5.74) is 7.04. The number of anilines is 1. The van der Waals surface area contributed by atoms with Gasteiger partial charge in [0.1, 0.15) is 0 Å². The summed E-state index contributed by atoms with van der Waals surface area (Å²) < 4.78 is 0. The number of hydrogen-bond donors (Lipinski definition) is 2. The number of rotatable bonds is 8. The van der Waals surface area contributed by atoms with Gasteiger partial charge in [0, 0.05) is 32.2 Å². The van der Waals surface area contributed by atoms with Crippen molar-refractivity contribution in [1.82, 2.24) is 4.90 Å². The van der Waals surface area contributed by atoms with E-state index >= 15 is 0 Å². The van der Waals surface area contributed by atoms with Gasteiger partial charge in [0.2, 0.25) is 11.8 Å². The summed E-state index contributed by atoms with van der Waals surface area (Å²) in [5.74, 6) is 0.00196. The zero-order valence-corrected chi connectivity index (χ0v) is 15.9. The summed E-state index contributed by atoms with van der Waals surface area (Å²) in [7, 11) is 0. The Morgan fingerprint density at radius 2 is 1.83 bits per heavy atom. The van der Waals surface area contributed by atoms with E-state index in [1.165, 1.54) is 0 Å². The molecule has 0 aliphatic heterocycles. The molecule has 0 fully saturated rings. The van der Waals surface area contributed by atoms with Crippen molar-refractivity contribution in [2.24, 2.45) is 11.1 Å². The van der Waals surface area contributed by atoms with Crippen molar-refractivity contribution in [3.8, 4) is 0 Å². The highest BCUT2D eigenvalue weighted by molar-refractivity contribution is 5.95. The number of benzene rings is 1. The Morgan fingerprint density at radius 1 is 1.21 bits per heavy atom. The molecule has 5 nitrogen and oxygen atoms in total. The largest absolute Gasteiger partial charge is 0.339 e. The van der Waals surface area contributed by atoms with E-state index in [1.54, 1.807) is 11.8 Å². The molecule has 0 aliphatic rings. The van der Waals surface area contributed by atoms with Gasteiger partial charge in [0.15, 0.2) is 0 Å². The Balaban J connectivity index is 0.00000529. The lowest BCUT2D eigenvalue weighted by atomic mass is 9.81. The van der Waals surface area contributed by atoms with E-state index in [9.17, 15) is 9.59 Å². The summed E-state index contributed by atoms with van der Waals surface area (Å²) in [6.07, 6.45) is 1.42. The van der Waals surface area contributed by atoms with Crippen molar-refractivity contribution in [3.63, 3.8) is 0 Å². The molecule has 6 heteroatoms. The lowest BCUT2D eigenvalue weighted by Gasteiger charge is -2.28. The van der Waals surface area contributed by atoms with E-state index in [1.807, 2.05) is 45.0 Å². The summed E-state index contributed by atoms with van der Waals surface area (Å²) in [6, 6.07) is 7.62. The minimum Gasteiger partial charge on any atom is -0.339 e. The molecule has 0 saturated heterocycles. The standard InChI is InChI=1S/C18H29N3O2.ClH/c1-5-18(6-2,13-19)17(23)20-16-10-8-9-15(11-16)12-21(7-3)14(4)22;/h8-11H,5-7,12-13,19H2,1-4H3,(H,20,23);1H. The molecule has 0 unspecified atom stereocenters. The lowest BCUT2D eigenvalue weighted by Crippen LogP contribution is -2.41. The molecule has 1 aromatic rings. The van der Waals surface area contributed by atoms with Gasteiger partial charge in [-0.1, -0.05) is 26.0 Å². The van der Waals surface area contributed by atoms with Gasteiger partial charge in [-0.25, -0.2) is 0 Å². The third kappa shape index (κ3) is 5.49. The van der Waals surface area contributed by atoms with Gasteiger partial charge in [-0.05, 0) is 37.5 Å². The van der Waals surface area contributed by atoms with Crippen LogP contribution in [0.2, 0.25) is 0 Å². The average molecular weight is 356 g/mol. The van der Waals surface area contributed by atoms with Gasteiger partial charge in [0.05, 0.1) is 5.41 Å². The number of nitrogens with two attached hydrogens (primary N) is 1. The summed E-state index contributed by atoms with van der Waals surface area (Å²) in [6.45, 7) is 9.02. The fourth-order valence-corrected chi connectivity index (χ4v) is 2.63. The van der Waals surface area contributed by atoms with Crippen molar-refractivity contribution >= 4 is 29.9 Å². The molecule has 1 rings (SSSR count). The molecule has 0 saturated carbocycles. The molecule has 24 heavy (non-hydrogen) atoms. The Morgan fingerprint density at radius 3 is 2.29 bits per heavy atom. The number of nitrogens with one attached hydrogen (secondary N) is 1. The van der Waals surface area contributed by atoms with Crippen LogP contribution < -0.4 is 11.1 Å². The lowest BCUT2D eigenvalue weighted by molar-refractivity contribution is -0.129. The smallest absolute Gasteiger partial charge is 0.231 e. The van der Waals surface area contributed by atoms with Gasteiger partial charge in [-0.3, -0.25) is 9.59 Å². The molecule has 0 atom stereocenters. The van der Waals surface area contributed by atoms with E-state index < -0.39 is 5.41 Å². The van der Waals surface area contributed by atoms with Crippen molar-refractivity contribution < 1.29 is 9.59 Å². The van der Waals surface area contributed by atoms with Gasteiger partial charge in [-0.2, -0.15) is 0 Å². The molecule has 3 N–H and O–H groups in total. The van der Waals surface area contributed by atoms with Crippen LogP contribution in [0.15, 0.2) is 24.3 Å². The highest BCUT2D eigenvalue weighted by Gasteiger charge is 2.33. The van der Waals surface area contributed by atoms with Crippen LogP contribution in [0.4, 0.5) is 5.69 Å². The van der Waals surface area contributed by atoms with Crippen molar-refractivity contribution in [2.45, 2.75) is 47.1 Å². The first-order chi connectivity index (χ1) is 10.9. The molecule has 0 bridgehead atoms. The molecule has 0 radical (unpaired) electrons. The minimum atomic E-state index is -0.523. The molecule has 0 aromatic heterocycles. The number of halogens is 1. The molecular formula is C18H30ClN3O2. The van der Waals surface area contributed by atoms with Crippen LogP contribution >= 0.6 is 12.4 Å². The maximum Gasteiger partial charge on any atom is 0.231 e. The molecule has 0 aliphatic carbocycles. The van der Waals surface area contributed by atoms with Gasteiger partial charge in [0.25, 0.3) is 0 Å². The Bertz CT molecular complexity index is 537. The van der Waals surface area contributed by atoms with Crippen molar-refractivity contribution in [2.75, 3.05) is 18.4 Å². The van der Waals surface area contributed by atoms with E-state index in [2.05, 4.69) is 5.32 Å². The number of carbonyl (C=O) groups is 2. The van der Waals surface area contributed by atoms with E-state index in [0.29, 0.717) is 32.5 Å². The zero-order valence-electron chi connectivity index (χ0n) is 15.1. The Kier molecular flexibility index (Phi) is 9.63. The number of carbonyl (C=O) groups excluding carboxylic acids is 2.